The third-order valence-corrected chi connectivity index (χ3v) is 13.6. The van der Waals surface area contributed by atoms with Gasteiger partial charge in [-0.25, -0.2) is 0 Å². The number of fused-ring (bicyclic) bond motifs is 12. The van der Waals surface area contributed by atoms with E-state index >= 15 is 0 Å². The zero-order valence-electron chi connectivity index (χ0n) is 34.5. The van der Waals surface area contributed by atoms with E-state index in [1.807, 2.05) is 0 Å². The first-order valence-electron chi connectivity index (χ1n) is 21.8. The van der Waals surface area contributed by atoms with Gasteiger partial charge in [0.05, 0.1) is 22.1 Å². The zero-order chi connectivity index (χ0) is 41.5. The molecule has 1 aliphatic carbocycles. The lowest BCUT2D eigenvalue weighted by atomic mass is 9.65. The lowest BCUT2D eigenvalue weighted by molar-refractivity contribution is 0.748. The predicted octanol–water partition coefficient (Wildman–Crippen LogP) is 15.9. The molecule has 0 saturated heterocycles. The van der Waals surface area contributed by atoms with Gasteiger partial charge in [0.2, 0.25) is 0 Å². The Labute approximate surface area is 367 Å². The van der Waals surface area contributed by atoms with Crippen LogP contribution in [0.2, 0.25) is 0 Å². The van der Waals surface area contributed by atoms with Gasteiger partial charge in [0, 0.05) is 27.8 Å². The molecule has 1 aromatic heterocycles. The summed E-state index contributed by atoms with van der Waals surface area (Å²) in [6, 6.07) is 89.5. The minimum Gasteiger partial charge on any atom is -0.310 e. The Hall–Kier alpha value is -8.20. The smallest absolute Gasteiger partial charge is 0.0754 e. The van der Waals surface area contributed by atoms with Crippen LogP contribution in [-0.2, 0) is 5.41 Å². The summed E-state index contributed by atoms with van der Waals surface area (Å²) in [5.74, 6) is 0. The molecule has 10 aromatic carbocycles. The second-order valence-corrected chi connectivity index (χ2v) is 16.8. The summed E-state index contributed by atoms with van der Waals surface area (Å²) in [5, 5.41) is 2.56. The molecule has 0 saturated carbocycles. The fourth-order valence-corrected chi connectivity index (χ4v) is 11.0. The van der Waals surface area contributed by atoms with Gasteiger partial charge in [-0.3, -0.25) is 0 Å². The Balaban J connectivity index is 1.03. The maximum atomic E-state index is 2.55. The van der Waals surface area contributed by atoms with E-state index in [2.05, 4.69) is 252 Å². The number of rotatable bonds is 6. The van der Waals surface area contributed by atoms with E-state index in [1.165, 1.54) is 88.7 Å². The number of hydrogen-bond acceptors (Lipinski definition) is 1. The summed E-state index contributed by atoms with van der Waals surface area (Å²) in [7, 11) is 0. The van der Waals surface area contributed by atoms with E-state index in [9.17, 15) is 0 Å². The number of anilines is 3. The largest absolute Gasteiger partial charge is 0.310 e. The Morgan fingerprint density at radius 1 is 0.302 bits per heavy atom. The minimum absolute atomic E-state index is 0.473. The zero-order valence-corrected chi connectivity index (χ0v) is 34.5. The maximum absolute atomic E-state index is 2.55. The Kier molecular flexibility index (Phi) is 7.85. The van der Waals surface area contributed by atoms with Crippen LogP contribution in [0.5, 0.6) is 0 Å². The molecule has 13 rings (SSSR count). The van der Waals surface area contributed by atoms with Crippen LogP contribution in [0.25, 0.3) is 72.0 Å². The van der Waals surface area contributed by atoms with Crippen molar-refractivity contribution in [1.29, 1.82) is 0 Å². The van der Waals surface area contributed by atoms with Crippen molar-refractivity contribution in [2.75, 3.05) is 4.90 Å². The van der Waals surface area contributed by atoms with E-state index in [4.69, 9.17) is 0 Å². The first-order chi connectivity index (χ1) is 31.3. The molecule has 1 spiro atoms. The summed E-state index contributed by atoms with van der Waals surface area (Å²) in [6.07, 6.45) is 0. The highest BCUT2D eigenvalue weighted by atomic mass is 15.1. The molecule has 1 aliphatic heterocycles. The SMILES string of the molecule is c1ccc(-c2ccc(N(c3ccccc3)c3cccc(-c4ccc5c(c4)-n4c6ccccc6c6cccc(c64)C54c5ccccc5-c5ccccc54)c3)cc2-c2ccccc2)cc1. The summed E-state index contributed by atoms with van der Waals surface area (Å²) in [6.45, 7) is 0. The van der Waals surface area contributed by atoms with Crippen LogP contribution >= 0.6 is 0 Å². The number of hydrogen-bond donors (Lipinski definition) is 0. The minimum atomic E-state index is -0.473. The van der Waals surface area contributed by atoms with Crippen molar-refractivity contribution in [3.05, 3.63) is 265 Å². The van der Waals surface area contributed by atoms with Crippen molar-refractivity contribution in [2.24, 2.45) is 0 Å². The van der Waals surface area contributed by atoms with Crippen LogP contribution < -0.4 is 4.90 Å². The molecule has 2 heterocycles. The fraction of sp³-hybridized carbons (Fsp3) is 0.0164. The Bertz CT molecular complexity index is 3520. The number of benzene rings is 10. The molecule has 0 N–H and O–H groups in total. The molecule has 0 bridgehead atoms. The van der Waals surface area contributed by atoms with Crippen molar-refractivity contribution >= 4 is 38.9 Å². The van der Waals surface area contributed by atoms with Crippen LogP contribution in [-0.4, -0.2) is 4.57 Å². The predicted molar refractivity (Wildman–Crippen MR) is 263 cm³/mol. The second-order valence-electron chi connectivity index (χ2n) is 16.8. The molecule has 2 heteroatoms. The molecule has 11 aromatic rings. The van der Waals surface area contributed by atoms with Crippen LogP contribution in [0.1, 0.15) is 22.3 Å². The topological polar surface area (TPSA) is 8.17 Å². The molecule has 0 amide bonds. The lowest BCUT2D eigenvalue weighted by Gasteiger charge is -2.39. The van der Waals surface area contributed by atoms with Crippen molar-refractivity contribution in [3.8, 4) is 50.2 Å². The van der Waals surface area contributed by atoms with Crippen LogP contribution in [0.3, 0.4) is 0 Å². The maximum Gasteiger partial charge on any atom is 0.0754 e. The highest BCUT2D eigenvalue weighted by Crippen LogP contribution is 2.61. The van der Waals surface area contributed by atoms with Crippen molar-refractivity contribution in [2.45, 2.75) is 5.41 Å². The fourth-order valence-electron chi connectivity index (χ4n) is 11.0. The highest BCUT2D eigenvalue weighted by molar-refractivity contribution is 6.13. The molecule has 0 radical (unpaired) electrons. The van der Waals surface area contributed by atoms with Gasteiger partial charge in [-0.15, -0.1) is 0 Å². The molecular formula is C61H40N2. The van der Waals surface area contributed by atoms with Gasteiger partial charge in [-0.1, -0.05) is 194 Å². The van der Waals surface area contributed by atoms with Crippen LogP contribution in [0, 0.1) is 0 Å². The monoisotopic (exact) mass is 800 g/mol. The first-order valence-corrected chi connectivity index (χ1v) is 21.8. The van der Waals surface area contributed by atoms with Crippen LogP contribution in [0.4, 0.5) is 17.1 Å². The van der Waals surface area contributed by atoms with Gasteiger partial charge in [0.25, 0.3) is 0 Å². The average Bonchev–Trinajstić information content (AvgIpc) is 3.86. The molecule has 63 heavy (non-hydrogen) atoms. The molecule has 0 unspecified atom stereocenters. The summed E-state index contributed by atoms with van der Waals surface area (Å²) >= 11 is 0. The Morgan fingerprint density at radius 3 is 1.59 bits per heavy atom. The standard InChI is InChI=1S/C61H40N2/c1-4-18-41(19-5-1)48-36-35-47(40-53(48)42-20-6-2-7-21-42)62(45-23-8-3-9-24-45)46-25-16-22-43(38-46)44-34-37-56-59(39-44)63-58-33-15-12-28-51(58)52-29-17-32-57(60(52)63)61(56)54-30-13-10-26-49(54)50-27-11-14-31-55(50)61/h1-40H. The van der Waals surface area contributed by atoms with Gasteiger partial charge < -0.3 is 9.47 Å². The number of para-hydroxylation sites is 3. The first kappa shape index (κ1) is 35.5. The summed E-state index contributed by atoms with van der Waals surface area (Å²) in [4.78, 5) is 2.39. The number of nitrogens with zero attached hydrogens (tertiary/aromatic N) is 2. The third kappa shape index (κ3) is 5.19. The van der Waals surface area contributed by atoms with Gasteiger partial charge in [-0.05, 0) is 115 Å². The molecule has 0 fully saturated rings. The van der Waals surface area contributed by atoms with E-state index in [0.29, 0.717) is 0 Å². The van der Waals surface area contributed by atoms with E-state index in [0.717, 1.165) is 22.6 Å². The molecule has 2 aliphatic rings. The molecule has 2 nitrogen and oxygen atoms in total. The van der Waals surface area contributed by atoms with Crippen molar-refractivity contribution in [3.63, 3.8) is 0 Å². The van der Waals surface area contributed by atoms with Crippen molar-refractivity contribution < 1.29 is 0 Å². The van der Waals surface area contributed by atoms with E-state index < -0.39 is 5.41 Å². The quantitative estimate of drug-likeness (QED) is 0.163. The van der Waals surface area contributed by atoms with E-state index in [1.54, 1.807) is 0 Å². The lowest BCUT2D eigenvalue weighted by Crippen LogP contribution is -2.33. The Morgan fingerprint density at radius 2 is 0.841 bits per heavy atom. The third-order valence-electron chi connectivity index (χ3n) is 13.6. The van der Waals surface area contributed by atoms with Gasteiger partial charge in [0.15, 0.2) is 0 Å². The van der Waals surface area contributed by atoms with E-state index in [-0.39, 0.29) is 0 Å². The molecular weight excluding hydrogens is 761 g/mol. The normalized spacial score (nSPS) is 12.9. The molecule has 0 atom stereocenters. The van der Waals surface area contributed by atoms with Gasteiger partial charge in [-0.2, -0.15) is 0 Å². The average molecular weight is 801 g/mol. The molecule has 294 valence electrons. The number of aromatic nitrogens is 1. The summed E-state index contributed by atoms with van der Waals surface area (Å²) in [5.41, 5.74) is 21.6. The highest BCUT2D eigenvalue weighted by Gasteiger charge is 2.50. The second kappa shape index (κ2) is 13.9. The van der Waals surface area contributed by atoms with Crippen molar-refractivity contribution in [1.82, 2.24) is 4.57 Å². The van der Waals surface area contributed by atoms with Crippen LogP contribution in [0.15, 0.2) is 243 Å². The van der Waals surface area contributed by atoms with Gasteiger partial charge >= 0.3 is 0 Å². The summed E-state index contributed by atoms with van der Waals surface area (Å²) < 4.78 is 2.55. The van der Waals surface area contributed by atoms with Gasteiger partial charge in [0.1, 0.15) is 0 Å².